The Kier molecular flexibility index (Phi) is 2.98. The van der Waals surface area contributed by atoms with Crippen LogP contribution in [-0.2, 0) is 6.42 Å². The van der Waals surface area contributed by atoms with Gasteiger partial charge in [-0.15, -0.1) is 5.10 Å². The second-order valence-electron chi connectivity index (χ2n) is 5.01. The molecule has 4 rings (SSSR count). The van der Waals surface area contributed by atoms with Gasteiger partial charge < -0.3 is 4.74 Å². The summed E-state index contributed by atoms with van der Waals surface area (Å²) in [5, 5.41) is 15.3. The largest absolute Gasteiger partial charge is 0.440 e. The summed E-state index contributed by atoms with van der Waals surface area (Å²) in [5.41, 5.74) is 0.101. The van der Waals surface area contributed by atoms with Crippen LogP contribution in [0.15, 0.2) is 27.8 Å². The fourth-order valence-corrected chi connectivity index (χ4v) is 2.39. The normalized spacial score (nSPS) is 12.0. The molecule has 0 saturated carbocycles. The average molecular weight is 327 g/mol. The molecule has 0 aliphatic carbocycles. The molecule has 0 spiro atoms. The van der Waals surface area contributed by atoms with Crippen molar-refractivity contribution < 1.29 is 9.53 Å². The molecule has 4 N–H and O–H groups in total. The zero-order chi connectivity index (χ0) is 16.7. The molecular formula is C13H9N7O4. The number of anilines is 1. The summed E-state index contributed by atoms with van der Waals surface area (Å²) in [5.74, 6) is 0.189. The first-order valence-electron chi connectivity index (χ1n) is 6.81. The molecule has 1 aliphatic rings. The van der Waals surface area contributed by atoms with E-state index in [9.17, 15) is 14.4 Å². The molecule has 11 heteroatoms. The zero-order valence-electron chi connectivity index (χ0n) is 11.9. The minimum absolute atomic E-state index is 0.0494. The van der Waals surface area contributed by atoms with Crippen LogP contribution in [0, 0.1) is 0 Å². The quantitative estimate of drug-likeness (QED) is 0.387. The van der Waals surface area contributed by atoms with Crippen LogP contribution < -0.4 is 21.3 Å². The van der Waals surface area contributed by atoms with Gasteiger partial charge in [-0.3, -0.25) is 24.9 Å². The summed E-state index contributed by atoms with van der Waals surface area (Å²) in [4.78, 5) is 39.9. The maximum atomic E-state index is 12.2. The van der Waals surface area contributed by atoms with Gasteiger partial charge in [0.1, 0.15) is 5.75 Å². The minimum Gasteiger partial charge on any atom is -0.440 e. The highest BCUT2D eigenvalue weighted by atomic mass is 16.5. The van der Waals surface area contributed by atoms with Gasteiger partial charge in [0.2, 0.25) is 5.88 Å². The van der Waals surface area contributed by atoms with Crippen LogP contribution in [0.1, 0.15) is 21.5 Å². The predicted molar refractivity (Wildman–Crippen MR) is 79.1 cm³/mol. The number of benzene rings is 1. The number of aromatic amines is 3. The lowest BCUT2D eigenvalue weighted by Gasteiger charge is -2.19. The van der Waals surface area contributed by atoms with Crippen LogP contribution in [-0.4, -0.2) is 36.5 Å². The minimum atomic E-state index is -0.640. The molecule has 0 radical (unpaired) electrons. The zero-order valence-corrected chi connectivity index (χ0v) is 11.9. The molecule has 3 heterocycles. The molecule has 120 valence electrons. The third-order valence-corrected chi connectivity index (χ3v) is 3.47. The van der Waals surface area contributed by atoms with Crippen molar-refractivity contribution in [1.29, 1.82) is 0 Å². The monoisotopic (exact) mass is 327 g/mol. The van der Waals surface area contributed by atoms with E-state index in [1.54, 1.807) is 18.2 Å². The Balaban J connectivity index is 1.66. The van der Waals surface area contributed by atoms with Crippen LogP contribution in [0.25, 0.3) is 0 Å². The smallest absolute Gasteiger partial charge is 0.328 e. The Bertz CT molecular complexity index is 1050. The number of nitrogens with zero attached hydrogens (tertiary/aromatic N) is 3. The molecule has 24 heavy (non-hydrogen) atoms. The van der Waals surface area contributed by atoms with E-state index in [0.717, 1.165) is 0 Å². The van der Waals surface area contributed by atoms with Gasteiger partial charge in [0.15, 0.2) is 0 Å². The van der Waals surface area contributed by atoms with Crippen molar-refractivity contribution in [2.24, 2.45) is 0 Å². The summed E-state index contributed by atoms with van der Waals surface area (Å²) in [6.45, 7) is 0. The first kappa shape index (κ1) is 13.9. The number of hydrogen-bond donors (Lipinski definition) is 4. The van der Waals surface area contributed by atoms with E-state index in [2.05, 4.69) is 35.9 Å². The topological polar surface area (TPSA) is 159 Å². The number of nitrogens with one attached hydrogen (secondary N) is 4. The summed E-state index contributed by atoms with van der Waals surface area (Å²) in [6, 6.07) is 4.73. The second kappa shape index (κ2) is 5.15. The van der Waals surface area contributed by atoms with Gasteiger partial charge >= 0.3 is 5.69 Å². The van der Waals surface area contributed by atoms with Crippen molar-refractivity contribution in [3.8, 4) is 11.6 Å². The van der Waals surface area contributed by atoms with E-state index < -0.39 is 17.2 Å². The van der Waals surface area contributed by atoms with E-state index in [0.29, 0.717) is 16.9 Å². The average Bonchev–Trinajstić information content (AvgIpc) is 3.05. The molecule has 0 atom stereocenters. The fourth-order valence-electron chi connectivity index (χ4n) is 2.39. The summed E-state index contributed by atoms with van der Waals surface area (Å²) in [6.07, 6.45) is 0.222. The molecule has 1 aromatic carbocycles. The predicted octanol–water partition coefficient (Wildman–Crippen LogP) is -0.475. The van der Waals surface area contributed by atoms with Gasteiger partial charge in [-0.05, 0) is 23.4 Å². The highest BCUT2D eigenvalue weighted by Gasteiger charge is 2.22. The number of aromatic nitrogens is 6. The van der Waals surface area contributed by atoms with Crippen LogP contribution in [0.2, 0.25) is 0 Å². The third-order valence-electron chi connectivity index (χ3n) is 3.47. The van der Waals surface area contributed by atoms with E-state index in [-0.39, 0.29) is 23.8 Å². The van der Waals surface area contributed by atoms with Crippen LogP contribution in [0.4, 0.5) is 5.95 Å². The number of amides is 1. The lowest BCUT2D eigenvalue weighted by Crippen LogP contribution is -2.28. The van der Waals surface area contributed by atoms with Crippen LogP contribution in [0.3, 0.4) is 0 Å². The molecule has 2 aromatic heterocycles. The van der Waals surface area contributed by atoms with E-state index in [1.165, 1.54) is 0 Å². The summed E-state index contributed by atoms with van der Waals surface area (Å²) < 4.78 is 5.53. The standard InChI is InChI=1S/C13H9N7O4/c21-9(14-12-17-19-20-18-12)5-1-2-8-6(3-5)4-7-10(22)15-13(23)16-11(7)24-8/h1-3H,4H2,(H2,15,16,22,23)(H2,14,17,18,19,20,21). The Hall–Kier alpha value is -3.76. The van der Waals surface area contributed by atoms with Gasteiger partial charge in [0.05, 0.1) is 5.56 Å². The number of tetrazole rings is 1. The van der Waals surface area contributed by atoms with Crippen molar-refractivity contribution in [3.05, 3.63) is 55.7 Å². The SMILES string of the molecule is O=C(Nc1nn[nH]n1)c1ccc2c(c1)Cc1c([nH]c(=O)[nH]c1=O)O2. The number of carbonyl (C=O) groups is 1. The first-order chi connectivity index (χ1) is 11.6. The van der Waals surface area contributed by atoms with Gasteiger partial charge in [0, 0.05) is 17.5 Å². The van der Waals surface area contributed by atoms with E-state index in [4.69, 9.17) is 4.74 Å². The Labute approximate surface area is 132 Å². The van der Waals surface area contributed by atoms with Crippen molar-refractivity contribution in [2.45, 2.75) is 6.42 Å². The van der Waals surface area contributed by atoms with Gasteiger partial charge in [0.25, 0.3) is 17.4 Å². The van der Waals surface area contributed by atoms with Crippen molar-refractivity contribution in [2.75, 3.05) is 5.32 Å². The van der Waals surface area contributed by atoms with Crippen molar-refractivity contribution in [3.63, 3.8) is 0 Å². The Morgan fingerprint density at radius 1 is 1.25 bits per heavy atom. The van der Waals surface area contributed by atoms with E-state index >= 15 is 0 Å². The highest BCUT2D eigenvalue weighted by Crippen LogP contribution is 2.33. The fraction of sp³-hybridized carbons (Fsp3) is 0.0769. The number of carbonyl (C=O) groups excluding carboxylic acids is 1. The number of ether oxygens (including phenoxy) is 1. The molecule has 1 aliphatic heterocycles. The molecule has 1 amide bonds. The van der Waals surface area contributed by atoms with Crippen LogP contribution in [0.5, 0.6) is 11.6 Å². The summed E-state index contributed by atoms with van der Waals surface area (Å²) >= 11 is 0. The molecule has 0 bridgehead atoms. The number of H-pyrrole nitrogens is 3. The molecule has 11 nitrogen and oxygen atoms in total. The van der Waals surface area contributed by atoms with E-state index in [1.807, 2.05) is 0 Å². The molecular weight excluding hydrogens is 318 g/mol. The van der Waals surface area contributed by atoms with Gasteiger partial charge in [-0.25, -0.2) is 4.79 Å². The Morgan fingerprint density at radius 2 is 2.12 bits per heavy atom. The molecule has 0 saturated heterocycles. The van der Waals surface area contributed by atoms with Crippen molar-refractivity contribution in [1.82, 2.24) is 30.6 Å². The number of rotatable bonds is 2. The number of hydrogen-bond acceptors (Lipinski definition) is 7. The summed E-state index contributed by atoms with van der Waals surface area (Å²) in [7, 11) is 0. The first-order valence-corrected chi connectivity index (χ1v) is 6.81. The third kappa shape index (κ3) is 2.33. The molecule has 0 unspecified atom stereocenters. The maximum absolute atomic E-state index is 12.2. The molecule has 3 aromatic rings. The van der Waals surface area contributed by atoms with Crippen molar-refractivity contribution >= 4 is 11.9 Å². The second-order valence-corrected chi connectivity index (χ2v) is 5.01. The highest BCUT2D eigenvalue weighted by molar-refractivity contribution is 6.03. The lowest BCUT2D eigenvalue weighted by atomic mass is 10.0. The van der Waals surface area contributed by atoms with Crippen LogP contribution >= 0.6 is 0 Å². The Morgan fingerprint density at radius 3 is 2.92 bits per heavy atom. The van der Waals surface area contributed by atoms with Gasteiger partial charge in [-0.2, -0.15) is 5.21 Å². The molecule has 0 fully saturated rings. The number of fused-ring (bicyclic) bond motifs is 2. The maximum Gasteiger partial charge on any atom is 0.328 e. The van der Waals surface area contributed by atoms with Gasteiger partial charge in [-0.1, -0.05) is 5.10 Å². The lowest BCUT2D eigenvalue weighted by molar-refractivity contribution is 0.102.